The Bertz CT molecular complexity index is 545. The number of hydrogen-bond donors (Lipinski definition) is 2. The fourth-order valence-electron chi connectivity index (χ4n) is 2.57. The Morgan fingerprint density at radius 3 is 2.54 bits per heavy atom. The van der Waals surface area contributed by atoms with E-state index in [4.69, 9.17) is 0 Å². The Morgan fingerprint density at radius 2 is 1.92 bits per heavy atom. The van der Waals surface area contributed by atoms with E-state index in [1.807, 2.05) is 11.8 Å². The summed E-state index contributed by atoms with van der Waals surface area (Å²) in [6.07, 6.45) is 0.940. The van der Waals surface area contributed by atoms with Gasteiger partial charge in [0.2, 0.25) is 5.91 Å². The lowest BCUT2D eigenvalue weighted by Gasteiger charge is -2.31. The molecule has 1 aliphatic heterocycles. The van der Waals surface area contributed by atoms with E-state index < -0.39 is 0 Å². The van der Waals surface area contributed by atoms with Crippen molar-refractivity contribution < 1.29 is 18.9 Å². The van der Waals surface area contributed by atoms with Crippen LogP contribution in [-0.4, -0.2) is 61.7 Å². The number of quaternary nitrogens is 1. The molecule has 0 radical (unpaired) electrons. The first kappa shape index (κ1) is 18.7. The maximum Gasteiger partial charge on any atom is 0.275 e. The molecule has 2 amide bonds. The number of rotatable bonds is 7. The van der Waals surface area contributed by atoms with Gasteiger partial charge in [-0.15, -0.1) is 11.8 Å². The van der Waals surface area contributed by atoms with Crippen LogP contribution < -0.4 is 10.2 Å². The Kier molecular flexibility index (Phi) is 7.52. The molecule has 0 unspecified atom stereocenters. The van der Waals surface area contributed by atoms with Gasteiger partial charge in [-0.05, 0) is 30.7 Å². The third kappa shape index (κ3) is 6.13. The van der Waals surface area contributed by atoms with Crippen molar-refractivity contribution in [2.45, 2.75) is 18.2 Å². The van der Waals surface area contributed by atoms with Crippen LogP contribution in [0.2, 0.25) is 0 Å². The number of carbonyl (C=O) groups is 2. The van der Waals surface area contributed by atoms with Gasteiger partial charge < -0.3 is 15.1 Å². The number of nitrogens with one attached hydrogen (secondary N) is 2. The second-order valence-electron chi connectivity index (χ2n) is 5.90. The molecule has 1 aliphatic rings. The summed E-state index contributed by atoms with van der Waals surface area (Å²) in [6.45, 7) is 6.18. The van der Waals surface area contributed by atoms with Crippen LogP contribution in [0.4, 0.5) is 4.39 Å². The number of carbonyl (C=O) groups excluding carboxylic acids is 2. The topological polar surface area (TPSA) is 53.9 Å². The third-order valence-electron chi connectivity index (χ3n) is 3.98. The highest BCUT2D eigenvalue weighted by atomic mass is 32.2. The quantitative estimate of drug-likeness (QED) is 0.687. The van der Waals surface area contributed by atoms with Gasteiger partial charge in [-0.1, -0.05) is 6.92 Å². The lowest BCUT2D eigenvalue weighted by molar-refractivity contribution is -0.896. The summed E-state index contributed by atoms with van der Waals surface area (Å²) in [4.78, 5) is 27.9. The molecule has 2 N–H and O–H groups in total. The van der Waals surface area contributed by atoms with Gasteiger partial charge in [0.05, 0.1) is 31.9 Å². The lowest BCUT2D eigenvalue weighted by Crippen LogP contribution is -3.15. The van der Waals surface area contributed by atoms with Gasteiger partial charge >= 0.3 is 0 Å². The smallest absolute Gasteiger partial charge is 0.275 e. The number of amides is 2. The number of piperazine rings is 1. The SMILES string of the molecule is CCCNC(=O)C[NH+]1CCN(C(=O)CSc2ccc(F)cc2)CC1. The Labute approximate surface area is 146 Å². The molecule has 5 nitrogen and oxygen atoms in total. The van der Waals surface area contributed by atoms with Gasteiger partial charge in [0.1, 0.15) is 5.82 Å². The first-order chi connectivity index (χ1) is 11.6. The van der Waals surface area contributed by atoms with Crippen molar-refractivity contribution in [3.8, 4) is 0 Å². The van der Waals surface area contributed by atoms with E-state index in [9.17, 15) is 14.0 Å². The minimum absolute atomic E-state index is 0.0819. The van der Waals surface area contributed by atoms with Crippen molar-refractivity contribution in [1.29, 1.82) is 0 Å². The highest BCUT2D eigenvalue weighted by Gasteiger charge is 2.24. The molecule has 2 rings (SSSR count). The second-order valence-corrected chi connectivity index (χ2v) is 6.95. The molecule has 0 aromatic heterocycles. The van der Waals surface area contributed by atoms with E-state index in [1.165, 1.54) is 28.8 Å². The average Bonchev–Trinajstić information content (AvgIpc) is 2.60. The standard InChI is InChI=1S/C17H24FN3O2S/c1-2-7-19-16(22)12-20-8-10-21(11-9-20)17(23)13-24-15-5-3-14(18)4-6-15/h3-6H,2,7-13H2,1H3,(H,19,22)/p+1. The molecule has 1 saturated heterocycles. The third-order valence-corrected chi connectivity index (χ3v) is 4.98. The Balaban J connectivity index is 1.68. The zero-order valence-corrected chi connectivity index (χ0v) is 14.8. The van der Waals surface area contributed by atoms with Gasteiger partial charge in [-0.25, -0.2) is 4.39 Å². The predicted molar refractivity (Wildman–Crippen MR) is 92.6 cm³/mol. The van der Waals surface area contributed by atoms with Crippen molar-refractivity contribution in [2.24, 2.45) is 0 Å². The number of halogens is 1. The number of benzene rings is 1. The summed E-state index contributed by atoms with van der Waals surface area (Å²) in [5, 5.41) is 2.89. The van der Waals surface area contributed by atoms with E-state index in [2.05, 4.69) is 5.32 Å². The summed E-state index contributed by atoms with van der Waals surface area (Å²) in [5.41, 5.74) is 0. The molecule has 1 aromatic carbocycles. The summed E-state index contributed by atoms with van der Waals surface area (Å²) in [7, 11) is 0. The number of nitrogens with zero attached hydrogens (tertiary/aromatic N) is 1. The molecule has 7 heteroatoms. The predicted octanol–water partition coefficient (Wildman–Crippen LogP) is 0.171. The molecule has 0 spiro atoms. The first-order valence-electron chi connectivity index (χ1n) is 8.35. The zero-order chi connectivity index (χ0) is 17.4. The fraction of sp³-hybridized carbons (Fsp3) is 0.529. The van der Waals surface area contributed by atoms with Crippen LogP contribution in [0, 0.1) is 5.82 Å². The van der Waals surface area contributed by atoms with Crippen LogP contribution >= 0.6 is 11.8 Å². The van der Waals surface area contributed by atoms with Crippen LogP contribution in [-0.2, 0) is 9.59 Å². The summed E-state index contributed by atoms with van der Waals surface area (Å²) in [6, 6.07) is 6.17. The monoisotopic (exact) mass is 354 g/mol. The van der Waals surface area contributed by atoms with Gasteiger partial charge in [0.15, 0.2) is 6.54 Å². The molecule has 24 heavy (non-hydrogen) atoms. The van der Waals surface area contributed by atoms with Crippen LogP contribution in [0.25, 0.3) is 0 Å². The van der Waals surface area contributed by atoms with E-state index >= 15 is 0 Å². The summed E-state index contributed by atoms with van der Waals surface area (Å²) in [5.74, 6) is 0.267. The molecule has 0 saturated carbocycles. The van der Waals surface area contributed by atoms with E-state index in [0.717, 1.165) is 31.0 Å². The van der Waals surface area contributed by atoms with Crippen LogP contribution in [0.1, 0.15) is 13.3 Å². The summed E-state index contributed by atoms with van der Waals surface area (Å²) < 4.78 is 12.9. The van der Waals surface area contributed by atoms with Crippen molar-refractivity contribution in [1.82, 2.24) is 10.2 Å². The summed E-state index contributed by atoms with van der Waals surface area (Å²) >= 11 is 1.42. The van der Waals surface area contributed by atoms with Crippen molar-refractivity contribution in [3.63, 3.8) is 0 Å². The number of hydrogen-bond acceptors (Lipinski definition) is 3. The molecule has 0 atom stereocenters. The van der Waals surface area contributed by atoms with E-state index in [-0.39, 0.29) is 17.6 Å². The molecule has 0 aliphatic carbocycles. The van der Waals surface area contributed by atoms with Gasteiger partial charge in [-0.2, -0.15) is 0 Å². The van der Waals surface area contributed by atoms with Crippen molar-refractivity contribution >= 4 is 23.6 Å². The molecule has 0 bridgehead atoms. The molecule has 1 heterocycles. The highest BCUT2D eigenvalue weighted by molar-refractivity contribution is 8.00. The second kappa shape index (κ2) is 9.64. The minimum Gasteiger partial charge on any atom is -0.351 e. The molecule has 132 valence electrons. The molecule has 1 aromatic rings. The van der Waals surface area contributed by atoms with Crippen molar-refractivity contribution in [2.75, 3.05) is 45.0 Å². The molecule has 1 fully saturated rings. The molecular weight excluding hydrogens is 329 g/mol. The van der Waals surface area contributed by atoms with Gasteiger partial charge in [0.25, 0.3) is 5.91 Å². The first-order valence-corrected chi connectivity index (χ1v) is 9.33. The Morgan fingerprint density at radius 1 is 1.25 bits per heavy atom. The fourth-order valence-corrected chi connectivity index (χ4v) is 3.37. The molecular formula is C17H25FN3O2S+. The normalized spacial score (nSPS) is 15.3. The van der Waals surface area contributed by atoms with Gasteiger partial charge in [-0.3, -0.25) is 9.59 Å². The Hall–Kier alpha value is -1.60. The number of thioether (sulfide) groups is 1. The van der Waals surface area contributed by atoms with Gasteiger partial charge in [0, 0.05) is 11.4 Å². The maximum atomic E-state index is 12.9. The highest BCUT2D eigenvalue weighted by Crippen LogP contribution is 2.18. The lowest BCUT2D eigenvalue weighted by atomic mass is 10.3. The van der Waals surface area contributed by atoms with Crippen LogP contribution in [0.5, 0.6) is 0 Å². The van der Waals surface area contributed by atoms with Crippen LogP contribution in [0.15, 0.2) is 29.2 Å². The minimum atomic E-state index is -0.271. The average molecular weight is 354 g/mol. The maximum absolute atomic E-state index is 12.9. The van der Waals surface area contributed by atoms with Crippen LogP contribution in [0.3, 0.4) is 0 Å². The zero-order valence-electron chi connectivity index (χ0n) is 14.0. The largest absolute Gasteiger partial charge is 0.351 e. The van der Waals surface area contributed by atoms with E-state index in [0.29, 0.717) is 25.4 Å². The van der Waals surface area contributed by atoms with Crippen molar-refractivity contribution in [3.05, 3.63) is 30.1 Å². The van der Waals surface area contributed by atoms with E-state index in [1.54, 1.807) is 12.1 Å².